The Bertz CT molecular complexity index is 212. The third kappa shape index (κ3) is 1.49. The molecular formula is C6H9IN2O. The second-order valence-electron chi connectivity index (χ2n) is 2.19. The van der Waals surface area contributed by atoms with E-state index >= 15 is 0 Å². The summed E-state index contributed by atoms with van der Waals surface area (Å²) in [6.45, 7) is 1.71. The Labute approximate surface area is 73.2 Å². The van der Waals surface area contributed by atoms with Gasteiger partial charge in [-0.05, 0) is 35.6 Å². The van der Waals surface area contributed by atoms with E-state index in [1.54, 1.807) is 11.6 Å². The van der Waals surface area contributed by atoms with Gasteiger partial charge in [-0.3, -0.25) is 4.68 Å². The zero-order valence-corrected chi connectivity index (χ0v) is 8.03. The first-order chi connectivity index (χ1) is 4.61. The molecule has 0 radical (unpaired) electrons. The lowest BCUT2D eigenvalue weighted by atomic mass is 10.3. The molecule has 1 N–H and O–H groups in total. The second kappa shape index (κ2) is 2.87. The van der Waals surface area contributed by atoms with Crippen molar-refractivity contribution in [2.24, 2.45) is 7.05 Å². The maximum absolute atomic E-state index is 9.08. The first-order valence-corrected chi connectivity index (χ1v) is 4.06. The highest BCUT2D eigenvalue weighted by Gasteiger charge is 2.06. The van der Waals surface area contributed by atoms with Crippen LogP contribution in [0, 0.1) is 3.70 Å². The summed E-state index contributed by atoms with van der Waals surface area (Å²) in [5, 5.41) is 13.2. The van der Waals surface area contributed by atoms with Crippen LogP contribution in [0.25, 0.3) is 0 Å². The first-order valence-electron chi connectivity index (χ1n) is 2.98. The number of aryl methyl sites for hydroxylation is 1. The molecule has 0 aromatic carbocycles. The fourth-order valence-electron chi connectivity index (χ4n) is 0.669. The van der Waals surface area contributed by atoms with E-state index in [1.165, 1.54) is 0 Å². The van der Waals surface area contributed by atoms with Crippen LogP contribution < -0.4 is 0 Å². The van der Waals surface area contributed by atoms with Crippen molar-refractivity contribution in [2.45, 2.75) is 13.0 Å². The van der Waals surface area contributed by atoms with Gasteiger partial charge in [0.15, 0.2) is 0 Å². The number of aromatic nitrogens is 2. The van der Waals surface area contributed by atoms with E-state index in [-0.39, 0.29) is 0 Å². The molecule has 56 valence electrons. The molecule has 4 heteroatoms. The second-order valence-corrected chi connectivity index (χ2v) is 3.30. The fraction of sp³-hybridized carbons (Fsp3) is 0.500. The highest BCUT2D eigenvalue weighted by molar-refractivity contribution is 14.1. The normalized spacial score (nSPS) is 13.6. The number of hydrogen-bond acceptors (Lipinski definition) is 2. The third-order valence-corrected chi connectivity index (χ3v) is 2.28. The van der Waals surface area contributed by atoms with Gasteiger partial charge in [-0.2, -0.15) is 5.10 Å². The zero-order valence-electron chi connectivity index (χ0n) is 5.87. The molecule has 1 atom stereocenters. The van der Waals surface area contributed by atoms with Crippen LogP contribution in [0.5, 0.6) is 0 Å². The maximum atomic E-state index is 9.08. The predicted molar refractivity (Wildman–Crippen MR) is 46.6 cm³/mol. The molecule has 3 nitrogen and oxygen atoms in total. The smallest absolute Gasteiger partial charge is 0.0989 e. The van der Waals surface area contributed by atoms with Crippen molar-refractivity contribution >= 4 is 22.6 Å². The molecule has 0 bridgehead atoms. The number of aliphatic hydroxyl groups excluding tert-OH is 1. The van der Waals surface area contributed by atoms with E-state index in [9.17, 15) is 0 Å². The summed E-state index contributed by atoms with van der Waals surface area (Å²) in [6.07, 6.45) is -0.463. The molecule has 0 saturated carbocycles. The van der Waals surface area contributed by atoms with Crippen LogP contribution in [-0.2, 0) is 7.05 Å². The molecule has 1 rings (SSSR count). The van der Waals surface area contributed by atoms with Crippen molar-refractivity contribution in [1.29, 1.82) is 0 Å². The monoisotopic (exact) mass is 252 g/mol. The van der Waals surface area contributed by atoms with Crippen LogP contribution in [0.3, 0.4) is 0 Å². The van der Waals surface area contributed by atoms with Crippen molar-refractivity contribution in [3.8, 4) is 0 Å². The van der Waals surface area contributed by atoms with Crippen molar-refractivity contribution in [3.05, 3.63) is 15.5 Å². The summed E-state index contributed by atoms with van der Waals surface area (Å²) in [6, 6.07) is 1.87. The van der Waals surface area contributed by atoms with E-state index in [0.29, 0.717) is 0 Å². The molecule has 1 heterocycles. The summed E-state index contributed by atoms with van der Waals surface area (Å²) in [4.78, 5) is 0. The number of hydrogen-bond donors (Lipinski definition) is 1. The molecule has 1 unspecified atom stereocenters. The van der Waals surface area contributed by atoms with Gasteiger partial charge in [0.2, 0.25) is 0 Å². The van der Waals surface area contributed by atoms with Gasteiger partial charge in [-0.25, -0.2) is 0 Å². The highest BCUT2D eigenvalue weighted by Crippen LogP contribution is 2.12. The molecule has 1 aromatic rings. The third-order valence-electron chi connectivity index (χ3n) is 1.27. The Kier molecular flexibility index (Phi) is 2.30. The molecule has 0 aliphatic rings. The maximum Gasteiger partial charge on any atom is 0.0989 e. The molecule has 0 amide bonds. The SMILES string of the molecule is CC(O)c1cc(I)n(C)n1. The fourth-order valence-corrected chi connectivity index (χ4v) is 1.10. The van der Waals surface area contributed by atoms with Gasteiger partial charge in [0.25, 0.3) is 0 Å². The standard InChI is InChI=1S/C6H9IN2O/c1-4(10)5-3-6(7)9(2)8-5/h3-4,10H,1-2H3. The molecule has 0 aliphatic carbocycles. The van der Waals surface area contributed by atoms with Gasteiger partial charge < -0.3 is 5.11 Å². The first kappa shape index (κ1) is 8.00. The largest absolute Gasteiger partial charge is 0.387 e. The molecular weight excluding hydrogens is 243 g/mol. The summed E-state index contributed by atoms with van der Waals surface area (Å²) < 4.78 is 2.77. The molecule has 0 fully saturated rings. The van der Waals surface area contributed by atoms with Gasteiger partial charge in [0.05, 0.1) is 15.5 Å². The Morgan fingerprint density at radius 3 is 2.60 bits per heavy atom. The van der Waals surface area contributed by atoms with Gasteiger partial charge >= 0.3 is 0 Å². The summed E-state index contributed by atoms with van der Waals surface area (Å²) in [7, 11) is 1.85. The quantitative estimate of drug-likeness (QED) is 0.759. The van der Waals surface area contributed by atoms with E-state index in [1.807, 2.05) is 13.1 Å². The number of nitrogens with zero attached hydrogens (tertiary/aromatic N) is 2. The minimum Gasteiger partial charge on any atom is -0.387 e. The van der Waals surface area contributed by atoms with Gasteiger partial charge in [0, 0.05) is 7.05 Å². The predicted octanol–water partition coefficient (Wildman–Crippen LogP) is 1.08. The number of rotatable bonds is 1. The van der Waals surface area contributed by atoms with E-state index < -0.39 is 6.10 Å². The number of halogens is 1. The molecule has 0 aliphatic heterocycles. The average Bonchev–Trinajstić information content (AvgIpc) is 2.13. The molecule has 1 aromatic heterocycles. The van der Waals surface area contributed by atoms with E-state index in [2.05, 4.69) is 27.7 Å². The van der Waals surface area contributed by atoms with Crippen molar-refractivity contribution in [1.82, 2.24) is 9.78 Å². The lowest BCUT2D eigenvalue weighted by Crippen LogP contribution is -1.95. The van der Waals surface area contributed by atoms with Crippen molar-refractivity contribution < 1.29 is 5.11 Å². The van der Waals surface area contributed by atoms with Gasteiger partial charge in [-0.15, -0.1) is 0 Å². The van der Waals surface area contributed by atoms with Crippen LogP contribution in [0.2, 0.25) is 0 Å². The zero-order chi connectivity index (χ0) is 7.72. The van der Waals surface area contributed by atoms with Crippen molar-refractivity contribution in [2.75, 3.05) is 0 Å². The Morgan fingerprint density at radius 2 is 2.40 bits per heavy atom. The molecule has 0 saturated heterocycles. The molecule has 0 spiro atoms. The minimum absolute atomic E-state index is 0.463. The topological polar surface area (TPSA) is 38.0 Å². The summed E-state index contributed by atoms with van der Waals surface area (Å²) >= 11 is 2.17. The Balaban J connectivity index is 2.98. The summed E-state index contributed by atoms with van der Waals surface area (Å²) in [5.74, 6) is 0. The van der Waals surface area contributed by atoms with Gasteiger partial charge in [0.1, 0.15) is 0 Å². The highest BCUT2D eigenvalue weighted by atomic mass is 127. The van der Waals surface area contributed by atoms with Crippen LogP contribution in [0.1, 0.15) is 18.7 Å². The average molecular weight is 252 g/mol. The number of aliphatic hydroxyl groups is 1. The Hall–Kier alpha value is -0.100. The minimum atomic E-state index is -0.463. The van der Waals surface area contributed by atoms with Crippen molar-refractivity contribution in [3.63, 3.8) is 0 Å². The molecule has 10 heavy (non-hydrogen) atoms. The van der Waals surface area contributed by atoms with Gasteiger partial charge in [-0.1, -0.05) is 0 Å². The van der Waals surface area contributed by atoms with E-state index in [0.717, 1.165) is 9.39 Å². The lowest BCUT2D eigenvalue weighted by molar-refractivity contribution is 0.193. The van der Waals surface area contributed by atoms with Crippen LogP contribution in [0.15, 0.2) is 6.07 Å². The van der Waals surface area contributed by atoms with Crippen LogP contribution in [-0.4, -0.2) is 14.9 Å². The summed E-state index contributed by atoms with van der Waals surface area (Å²) in [5.41, 5.74) is 0.729. The van der Waals surface area contributed by atoms with E-state index in [4.69, 9.17) is 5.11 Å². The van der Waals surface area contributed by atoms with Crippen LogP contribution in [0.4, 0.5) is 0 Å². The lowest BCUT2D eigenvalue weighted by Gasteiger charge is -1.95. The van der Waals surface area contributed by atoms with Crippen LogP contribution >= 0.6 is 22.6 Å². The Morgan fingerprint density at radius 1 is 1.80 bits per heavy atom.